The summed E-state index contributed by atoms with van der Waals surface area (Å²) in [4.78, 5) is 19.0. The van der Waals surface area contributed by atoms with E-state index < -0.39 is 0 Å². The molecule has 4 rings (SSSR count). The molecule has 0 atom stereocenters. The van der Waals surface area contributed by atoms with Crippen molar-refractivity contribution in [1.82, 2.24) is 15.2 Å². The van der Waals surface area contributed by atoms with E-state index in [2.05, 4.69) is 15.2 Å². The lowest BCUT2D eigenvalue weighted by atomic mass is 10.2. The van der Waals surface area contributed by atoms with Gasteiger partial charge >= 0.3 is 0 Å². The molecule has 1 amide bonds. The second-order valence-corrected chi connectivity index (χ2v) is 7.48. The normalized spacial score (nSPS) is 14.7. The fraction of sp³-hybridized carbons (Fsp3) is 0.238. The van der Waals surface area contributed by atoms with Crippen LogP contribution in [-0.4, -0.2) is 27.1 Å². The van der Waals surface area contributed by atoms with Crippen molar-refractivity contribution in [3.63, 3.8) is 0 Å². The van der Waals surface area contributed by atoms with Crippen molar-refractivity contribution in [2.24, 2.45) is 0 Å². The first-order valence-electron chi connectivity index (χ1n) is 9.11. The number of nitrogens with zero attached hydrogens (tertiary/aromatic N) is 4. The second kappa shape index (κ2) is 8.22. The molecule has 1 saturated carbocycles. The molecule has 1 aromatic carbocycles. The van der Waals surface area contributed by atoms with Crippen molar-refractivity contribution in [3.8, 4) is 10.6 Å². The number of carbonyl (C=O) groups excluding carboxylic acids is 1. The first-order chi connectivity index (χ1) is 13.3. The SMILES string of the molecule is O=C(/C=C/c1ccccc1)N(c1nnc(-c2cccnc2)s1)C1CCCC1. The van der Waals surface area contributed by atoms with E-state index in [1.165, 1.54) is 11.3 Å². The van der Waals surface area contributed by atoms with E-state index in [1.807, 2.05) is 53.4 Å². The fourth-order valence-corrected chi connectivity index (χ4v) is 4.24. The molecule has 5 nitrogen and oxygen atoms in total. The number of anilines is 1. The average molecular weight is 376 g/mol. The van der Waals surface area contributed by atoms with Gasteiger partial charge in [0, 0.05) is 30.1 Å². The third-order valence-electron chi connectivity index (χ3n) is 4.67. The average Bonchev–Trinajstić information content (AvgIpc) is 3.41. The molecule has 136 valence electrons. The standard InChI is InChI=1S/C21H20N4OS/c26-19(13-12-16-7-2-1-3-8-16)25(18-10-4-5-11-18)21-24-23-20(27-21)17-9-6-14-22-15-17/h1-3,6-9,12-15,18H,4-5,10-11H2/b13-12+. The smallest absolute Gasteiger partial charge is 0.253 e. The highest BCUT2D eigenvalue weighted by atomic mass is 32.1. The van der Waals surface area contributed by atoms with Gasteiger partial charge in [-0.3, -0.25) is 14.7 Å². The summed E-state index contributed by atoms with van der Waals surface area (Å²) in [6, 6.07) is 13.9. The Morgan fingerprint density at radius 1 is 1.07 bits per heavy atom. The molecule has 0 bridgehead atoms. The van der Waals surface area contributed by atoms with Gasteiger partial charge < -0.3 is 0 Å². The van der Waals surface area contributed by atoms with Gasteiger partial charge in [0.1, 0.15) is 0 Å². The highest BCUT2D eigenvalue weighted by Gasteiger charge is 2.29. The molecule has 2 heterocycles. The number of amides is 1. The minimum Gasteiger partial charge on any atom is -0.280 e. The van der Waals surface area contributed by atoms with Gasteiger partial charge in [0.25, 0.3) is 5.91 Å². The summed E-state index contributed by atoms with van der Waals surface area (Å²) < 4.78 is 0. The number of hydrogen-bond donors (Lipinski definition) is 0. The highest BCUT2D eigenvalue weighted by molar-refractivity contribution is 7.18. The molecule has 0 unspecified atom stereocenters. The minimum atomic E-state index is -0.0420. The van der Waals surface area contributed by atoms with Crippen molar-refractivity contribution in [2.45, 2.75) is 31.7 Å². The Hall–Kier alpha value is -2.86. The number of aromatic nitrogens is 3. The minimum absolute atomic E-state index is 0.0420. The molecule has 0 saturated heterocycles. The summed E-state index contributed by atoms with van der Waals surface area (Å²) in [6.45, 7) is 0. The van der Waals surface area contributed by atoms with E-state index in [-0.39, 0.29) is 11.9 Å². The third kappa shape index (κ3) is 4.11. The maximum absolute atomic E-state index is 13.0. The fourth-order valence-electron chi connectivity index (χ4n) is 3.32. The van der Waals surface area contributed by atoms with Crippen LogP contribution in [0, 0.1) is 0 Å². The number of benzene rings is 1. The third-order valence-corrected chi connectivity index (χ3v) is 5.65. The van der Waals surface area contributed by atoms with Gasteiger partial charge in [0.15, 0.2) is 5.01 Å². The maximum Gasteiger partial charge on any atom is 0.253 e. The summed E-state index contributed by atoms with van der Waals surface area (Å²) in [7, 11) is 0. The molecule has 0 aliphatic heterocycles. The Labute approximate surface area is 162 Å². The van der Waals surface area contributed by atoms with Crippen molar-refractivity contribution in [1.29, 1.82) is 0 Å². The van der Waals surface area contributed by atoms with Crippen LogP contribution in [0.2, 0.25) is 0 Å². The van der Waals surface area contributed by atoms with E-state index in [4.69, 9.17) is 0 Å². The zero-order chi connectivity index (χ0) is 18.5. The first-order valence-corrected chi connectivity index (χ1v) is 9.93. The molecule has 1 aliphatic carbocycles. The zero-order valence-electron chi connectivity index (χ0n) is 14.9. The van der Waals surface area contributed by atoms with E-state index in [0.717, 1.165) is 41.8 Å². The van der Waals surface area contributed by atoms with Gasteiger partial charge in [-0.15, -0.1) is 10.2 Å². The Morgan fingerprint density at radius 2 is 1.89 bits per heavy atom. The Bertz CT molecular complexity index is 918. The number of hydrogen-bond acceptors (Lipinski definition) is 5. The molecule has 27 heavy (non-hydrogen) atoms. The lowest BCUT2D eigenvalue weighted by Gasteiger charge is -2.24. The zero-order valence-corrected chi connectivity index (χ0v) is 15.7. The summed E-state index contributed by atoms with van der Waals surface area (Å²) >= 11 is 1.44. The lowest BCUT2D eigenvalue weighted by Crippen LogP contribution is -2.37. The van der Waals surface area contributed by atoms with Crippen molar-refractivity contribution >= 4 is 28.5 Å². The Kier molecular flexibility index (Phi) is 5.34. The van der Waals surface area contributed by atoms with Crippen LogP contribution < -0.4 is 4.90 Å². The molecule has 6 heteroatoms. The number of carbonyl (C=O) groups is 1. The molecule has 1 aliphatic rings. The van der Waals surface area contributed by atoms with Crippen LogP contribution in [0.1, 0.15) is 31.2 Å². The molecule has 3 aromatic rings. The summed E-state index contributed by atoms with van der Waals surface area (Å²) in [6.07, 6.45) is 11.3. The van der Waals surface area contributed by atoms with Gasteiger partial charge in [0.05, 0.1) is 0 Å². The Balaban J connectivity index is 1.61. The molecule has 1 fully saturated rings. The van der Waals surface area contributed by atoms with Crippen molar-refractivity contribution < 1.29 is 4.79 Å². The van der Waals surface area contributed by atoms with Crippen LogP contribution in [0.5, 0.6) is 0 Å². The number of pyridine rings is 1. The van der Waals surface area contributed by atoms with Crippen LogP contribution in [0.4, 0.5) is 5.13 Å². The molecule has 0 N–H and O–H groups in total. The lowest BCUT2D eigenvalue weighted by molar-refractivity contribution is -0.114. The van der Waals surface area contributed by atoms with E-state index in [9.17, 15) is 4.79 Å². The van der Waals surface area contributed by atoms with Gasteiger partial charge in [-0.05, 0) is 36.6 Å². The van der Waals surface area contributed by atoms with E-state index in [0.29, 0.717) is 5.13 Å². The van der Waals surface area contributed by atoms with Gasteiger partial charge in [-0.25, -0.2) is 0 Å². The first kappa shape index (κ1) is 17.5. The summed E-state index contributed by atoms with van der Waals surface area (Å²) in [5, 5.41) is 10.1. The van der Waals surface area contributed by atoms with E-state index >= 15 is 0 Å². The summed E-state index contributed by atoms with van der Waals surface area (Å²) in [5.41, 5.74) is 1.92. The maximum atomic E-state index is 13.0. The van der Waals surface area contributed by atoms with Crippen LogP contribution in [0.25, 0.3) is 16.6 Å². The van der Waals surface area contributed by atoms with Crippen LogP contribution in [0.15, 0.2) is 60.9 Å². The monoisotopic (exact) mass is 376 g/mol. The highest BCUT2D eigenvalue weighted by Crippen LogP contribution is 2.33. The molecular formula is C21H20N4OS. The van der Waals surface area contributed by atoms with Gasteiger partial charge in [-0.1, -0.05) is 54.5 Å². The van der Waals surface area contributed by atoms with Crippen LogP contribution >= 0.6 is 11.3 Å². The van der Waals surface area contributed by atoms with E-state index in [1.54, 1.807) is 18.5 Å². The van der Waals surface area contributed by atoms with Crippen molar-refractivity contribution in [3.05, 3.63) is 66.5 Å². The Morgan fingerprint density at radius 3 is 2.63 bits per heavy atom. The second-order valence-electron chi connectivity index (χ2n) is 6.52. The van der Waals surface area contributed by atoms with Gasteiger partial charge in [0.2, 0.25) is 5.13 Å². The largest absolute Gasteiger partial charge is 0.280 e. The molecule has 2 aromatic heterocycles. The van der Waals surface area contributed by atoms with Gasteiger partial charge in [-0.2, -0.15) is 0 Å². The summed E-state index contributed by atoms with van der Waals surface area (Å²) in [5.74, 6) is -0.0420. The quantitative estimate of drug-likeness (QED) is 0.611. The van der Waals surface area contributed by atoms with Crippen LogP contribution in [-0.2, 0) is 4.79 Å². The predicted molar refractivity (Wildman–Crippen MR) is 108 cm³/mol. The molecule has 0 radical (unpaired) electrons. The topological polar surface area (TPSA) is 59.0 Å². The van der Waals surface area contributed by atoms with Crippen LogP contribution in [0.3, 0.4) is 0 Å². The molecule has 0 spiro atoms. The predicted octanol–water partition coefficient (Wildman–Crippen LogP) is 4.59. The molecular weight excluding hydrogens is 356 g/mol. The van der Waals surface area contributed by atoms with Crippen molar-refractivity contribution in [2.75, 3.05) is 4.90 Å². The number of rotatable bonds is 5.